The number of phenols is 1. The minimum atomic E-state index is -0.476. The van der Waals surface area contributed by atoms with Crippen LogP contribution in [0.2, 0.25) is 0 Å². The number of carbonyl (C=O) groups excluding carboxylic acids is 2. The van der Waals surface area contributed by atoms with Crippen molar-refractivity contribution in [2.45, 2.75) is 19.4 Å². The molecule has 0 fully saturated rings. The number of rotatable bonds is 6. The number of amides is 2. The molecule has 0 heterocycles. The Balaban J connectivity index is 1.71. The number of carbonyl (C=O) groups is 2. The van der Waals surface area contributed by atoms with Crippen molar-refractivity contribution in [3.8, 4) is 5.75 Å². The van der Waals surface area contributed by atoms with Gasteiger partial charge in [-0.1, -0.05) is 54.6 Å². The first-order chi connectivity index (χ1) is 13.5. The van der Waals surface area contributed by atoms with Crippen LogP contribution in [0.15, 0.2) is 78.9 Å². The number of hydrogen-bond acceptors (Lipinski definition) is 3. The zero-order chi connectivity index (χ0) is 19.9. The molecule has 3 aromatic rings. The molecule has 1 atom stereocenters. The lowest BCUT2D eigenvalue weighted by Gasteiger charge is -2.16. The Morgan fingerprint density at radius 2 is 1.43 bits per heavy atom. The number of anilines is 1. The summed E-state index contributed by atoms with van der Waals surface area (Å²) in [6.07, 6.45) is 0.707. The second-order valence-electron chi connectivity index (χ2n) is 6.58. The summed E-state index contributed by atoms with van der Waals surface area (Å²) in [7, 11) is 0. The van der Waals surface area contributed by atoms with Crippen molar-refractivity contribution in [3.05, 3.63) is 95.6 Å². The molecule has 0 aliphatic rings. The van der Waals surface area contributed by atoms with Crippen molar-refractivity contribution in [3.63, 3.8) is 0 Å². The highest BCUT2D eigenvalue weighted by Gasteiger charge is 2.17. The Hall–Kier alpha value is -3.60. The molecular weight excluding hydrogens is 352 g/mol. The SMILES string of the molecule is CC(Cc1ccccc1)NC(=O)c1ccccc1NC(=O)c1ccccc1O. The van der Waals surface area contributed by atoms with Crippen molar-refractivity contribution < 1.29 is 14.7 Å². The summed E-state index contributed by atoms with van der Waals surface area (Å²) in [5, 5.41) is 15.5. The Labute approximate surface area is 164 Å². The van der Waals surface area contributed by atoms with E-state index in [0.717, 1.165) is 5.56 Å². The van der Waals surface area contributed by atoms with Gasteiger partial charge < -0.3 is 15.7 Å². The third kappa shape index (κ3) is 4.76. The van der Waals surface area contributed by atoms with Crippen LogP contribution in [-0.4, -0.2) is 23.0 Å². The fourth-order valence-electron chi connectivity index (χ4n) is 2.97. The first kappa shape index (κ1) is 19.2. The molecular formula is C23H22N2O3. The molecule has 5 heteroatoms. The van der Waals surface area contributed by atoms with Gasteiger partial charge in [-0.15, -0.1) is 0 Å². The molecule has 5 nitrogen and oxygen atoms in total. The van der Waals surface area contributed by atoms with Crippen molar-refractivity contribution in [2.24, 2.45) is 0 Å². The van der Waals surface area contributed by atoms with Crippen molar-refractivity contribution in [1.82, 2.24) is 5.32 Å². The van der Waals surface area contributed by atoms with Crippen LogP contribution in [-0.2, 0) is 6.42 Å². The molecule has 2 amide bonds. The van der Waals surface area contributed by atoms with E-state index in [1.54, 1.807) is 36.4 Å². The number of para-hydroxylation sites is 2. The molecule has 0 aliphatic carbocycles. The number of hydrogen-bond donors (Lipinski definition) is 3. The summed E-state index contributed by atoms with van der Waals surface area (Å²) in [5.41, 5.74) is 2.04. The molecule has 142 valence electrons. The summed E-state index contributed by atoms with van der Waals surface area (Å²) < 4.78 is 0. The normalized spacial score (nSPS) is 11.5. The van der Waals surface area contributed by atoms with E-state index in [1.807, 2.05) is 37.3 Å². The summed E-state index contributed by atoms with van der Waals surface area (Å²) in [6.45, 7) is 1.94. The van der Waals surface area contributed by atoms with Gasteiger partial charge >= 0.3 is 0 Å². The highest BCUT2D eigenvalue weighted by atomic mass is 16.3. The predicted molar refractivity (Wildman–Crippen MR) is 110 cm³/mol. The Bertz CT molecular complexity index is 970. The van der Waals surface area contributed by atoms with Gasteiger partial charge in [-0.2, -0.15) is 0 Å². The van der Waals surface area contributed by atoms with E-state index in [-0.39, 0.29) is 23.3 Å². The van der Waals surface area contributed by atoms with Crippen LogP contribution < -0.4 is 10.6 Å². The van der Waals surface area contributed by atoms with E-state index in [1.165, 1.54) is 12.1 Å². The number of nitrogens with one attached hydrogen (secondary N) is 2. The van der Waals surface area contributed by atoms with E-state index in [2.05, 4.69) is 10.6 Å². The second kappa shape index (κ2) is 8.86. The van der Waals surface area contributed by atoms with Gasteiger partial charge in [-0.05, 0) is 43.2 Å². The van der Waals surface area contributed by atoms with Crippen LogP contribution in [0, 0.1) is 0 Å². The van der Waals surface area contributed by atoms with Crippen LogP contribution >= 0.6 is 0 Å². The summed E-state index contributed by atoms with van der Waals surface area (Å²) in [6, 6.07) is 22.9. The molecule has 0 saturated carbocycles. The molecule has 0 spiro atoms. The Kier molecular flexibility index (Phi) is 6.07. The first-order valence-electron chi connectivity index (χ1n) is 9.08. The molecule has 3 aromatic carbocycles. The monoisotopic (exact) mass is 374 g/mol. The van der Waals surface area contributed by atoms with Crippen LogP contribution in [0.1, 0.15) is 33.2 Å². The Morgan fingerprint density at radius 3 is 2.14 bits per heavy atom. The first-order valence-corrected chi connectivity index (χ1v) is 9.08. The highest BCUT2D eigenvalue weighted by molar-refractivity contribution is 6.10. The zero-order valence-electron chi connectivity index (χ0n) is 15.6. The number of benzene rings is 3. The van der Waals surface area contributed by atoms with E-state index in [0.29, 0.717) is 17.7 Å². The third-order valence-electron chi connectivity index (χ3n) is 4.33. The third-order valence-corrected chi connectivity index (χ3v) is 4.33. The molecule has 3 N–H and O–H groups in total. The largest absolute Gasteiger partial charge is 0.507 e. The van der Waals surface area contributed by atoms with Gasteiger partial charge in [-0.25, -0.2) is 0 Å². The molecule has 28 heavy (non-hydrogen) atoms. The minimum Gasteiger partial charge on any atom is -0.507 e. The summed E-state index contributed by atoms with van der Waals surface area (Å²) in [5.74, 6) is -0.856. The fourth-order valence-corrected chi connectivity index (χ4v) is 2.97. The molecule has 0 aromatic heterocycles. The molecule has 0 aliphatic heterocycles. The van der Waals surface area contributed by atoms with Gasteiger partial charge in [0.05, 0.1) is 16.8 Å². The zero-order valence-corrected chi connectivity index (χ0v) is 15.6. The highest BCUT2D eigenvalue weighted by Crippen LogP contribution is 2.20. The van der Waals surface area contributed by atoms with Gasteiger partial charge in [0.25, 0.3) is 11.8 Å². The quantitative estimate of drug-likeness (QED) is 0.610. The van der Waals surface area contributed by atoms with Crippen LogP contribution in [0.25, 0.3) is 0 Å². The van der Waals surface area contributed by atoms with Crippen molar-refractivity contribution in [1.29, 1.82) is 0 Å². The Morgan fingerprint density at radius 1 is 0.821 bits per heavy atom. The van der Waals surface area contributed by atoms with Gasteiger partial charge in [0.15, 0.2) is 0 Å². The minimum absolute atomic E-state index is 0.0724. The maximum Gasteiger partial charge on any atom is 0.259 e. The van der Waals surface area contributed by atoms with Gasteiger partial charge in [0, 0.05) is 6.04 Å². The number of aromatic hydroxyl groups is 1. The summed E-state index contributed by atoms with van der Waals surface area (Å²) >= 11 is 0. The van der Waals surface area contributed by atoms with Crippen LogP contribution in [0.3, 0.4) is 0 Å². The maximum absolute atomic E-state index is 12.7. The summed E-state index contributed by atoms with van der Waals surface area (Å²) in [4.78, 5) is 25.2. The van der Waals surface area contributed by atoms with Gasteiger partial charge in [0.2, 0.25) is 0 Å². The number of phenolic OH excluding ortho intramolecular Hbond substituents is 1. The predicted octanol–water partition coefficient (Wildman–Crippen LogP) is 4.01. The lowest BCUT2D eigenvalue weighted by molar-refractivity contribution is 0.0941. The molecule has 0 bridgehead atoms. The van der Waals surface area contributed by atoms with Gasteiger partial charge in [-0.3, -0.25) is 9.59 Å². The van der Waals surface area contributed by atoms with Crippen LogP contribution in [0.4, 0.5) is 5.69 Å². The van der Waals surface area contributed by atoms with E-state index >= 15 is 0 Å². The molecule has 0 radical (unpaired) electrons. The second-order valence-corrected chi connectivity index (χ2v) is 6.58. The van der Waals surface area contributed by atoms with Gasteiger partial charge in [0.1, 0.15) is 5.75 Å². The van der Waals surface area contributed by atoms with E-state index in [9.17, 15) is 14.7 Å². The standard InChI is InChI=1S/C23H22N2O3/c1-16(15-17-9-3-2-4-10-17)24-22(27)18-11-5-7-13-20(18)25-23(28)19-12-6-8-14-21(19)26/h2-14,16,26H,15H2,1H3,(H,24,27)(H,25,28). The van der Waals surface area contributed by atoms with E-state index in [4.69, 9.17) is 0 Å². The topological polar surface area (TPSA) is 78.4 Å². The lowest BCUT2D eigenvalue weighted by Crippen LogP contribution is -2.34. The molecule has 3 rings (SSSR count). The molecule has 1 unspecified atom stereocenters. The van der Waals surface area contributed by atoms with E-state index < -0.39 is 5.91 Å². The molecule has 0 saturated heterocycles. The van der Waals surface area contributed by atoms with Crippen molar-refractivity contribution >= 4 is 17.5 Å². The maximum atomic E-state index is 12.7. The smallest absolute Gasteiger partial charge is 0.259 e. The lowest BCUT2D eigenvalue weighted by atomic mass is 10.1. The van der Waals surface area contributed by atoms with Crippen molar-refractivity contribution in [2.75, 3.05) is 5.32 Å². The fraction of sp³-hybridized carbons (Fsp3) is 0.130. The average Bonchev–Trinajstić information content (AvgIpc) is 2.69. The van der Waals surface area contributed by atoms with Crippen LogP contribution in [0.5, 0.6) is 5.75 Å². The average molecular weight is 374 g/mol.